The number of phenols is 1. The van der Waals surface area contributed by atoms with Gasteiger partial charge in [-0.1, -0.05) is 6.07 Å². The number of primary sulfonamides is 1. The predicted octanol–water partition coefficient (Wildman–Crippen LogP) is 0.169. The summed E-state index contributed by atoms with van der Waals surface area (Å²) in [6, 6.07) is 4.99. The van der Waals surface area contributed by atoms with Crippen LogP contribution in [0.5, 0.6) is 11.5 Å². The van der Waals surface area contributed by atoms with Crippen LogP contribution in [0.2, 0.25) is 0 Å². The van der Waals surface area contributed by atoms with Gasteiger partial charge in [-0.2, -0.15) is 0 Å². The monoisotopic (exact) mass is 274 g/mol. The zero-order chi connectivity index (χ0) is 13.6. The van der Waals surface area contributed by atoms with Gasteiger partial charge in [0, 0.05) is 13.1 Å². The van der Waals surface area contributed by atoms with E-state index in [-0.39, 0.29) is 18.0 Å². The van der Waals surface area contributed by atoms with E-state index in [9.17, 15) is 13.5 Å². The largest absolute Gasteiger partial charge is 0.504 e. The van der Waals surface area contributed by atoms with Crippen molar-refractivity contribution < 1.29 is 18.3 Å². The molecule has 6 nitrogen and oxygen atoms in total. The summed E-state index contributed by atoms with van der Waals surface area (Å²) < 4.78 is 26.7. The third-order valence-electron chi connectivity index (χ3n) is 2.22. The molecule has 1 aromatic carbocycles. The molecule has 0 saturated carbocycles. The van der Waals surface area contributed by atoms with Crippen LogP contribution in [0.3, 0.4) is 0 Å². The number of sulfonamides is 1. The molecule has 0 radical (unpaired) electrons. The van der Waals surface area contributed by atoms with Gasteiger partial charge < -0.3 is 15.2 Å². The van der Waals surface area contributed by atoms with Crippen molar-refractivity contribution in [2.45, 2.75) is 13.5 Å². The summed E-state index contributed by atoms with van der Waals surface area (Å²) in [5.41, 5.74) is 0.894. The Bertz CT molecular complexity index is 488. The lowest BCUT2D eigenvalue weighted by Gasteiger charge is -2.09. The molecule has 0 saturated heterocycles. The van der Waals surface area contributed by atoms with E-state index in [2.05, 4.69) is 5.32 Å². The molecule has 0 amide bonds. The van der Waals surface area contributed by atoms with Crippen molar-refractivity contribution in [3.8, 4) is 11.5 Å². The Balaban J connectivity index is 2.50. The number of ether oxygens (including phenoxy) is 1. The third kappa shape index (κ3) is 5.35. The highest BCUT2D eigenvalue weighted by Gasteiger charge is 2.04. The maximum Gasteiger partial charge on any atom is 0.210 e. The molecule has 0 unspecified atom stereocenters. The third-order valence-corrected chi connectivity index (χ3v) is 2.99. The topological polar surface area (TPSA) is 102 Å². The van der Waals surface area contributed by atoms with Crippen molar-refractivity contribution >= 4 is 10.0 Å². The Labute approximate surface area is 107 Å². The van der Waals surface area contributed by atoms with Crippen LogP contribution in [0.25, 0.3) is 0 Å². The fraction of sp³-hybridized carbons (Fsp3) is 0.455. The lowest BCUT2D eigenvalue weighted by molar-refractivity contribution is 0.317. The smallest absolute Gasteiger partial charge is 0.210 e. The van der Waals surface area contributed by atoms with Gasteiger partial charge in [-0.25, -0.2) is 13.6 Å². The fourth-order valence-corrected chi connectivity index (χ4v) is 1.82. The van der Waals surface area contributed by atoms with Crippen molar-refractivity contribution in [2.75, 3.05) is 18.9 Å². The molecule has 4 N–H and O–H groups in total. The average Bonchev–Trinajstić information content (AvgIpc) is 2.28. The van der Waals surface area contributed by atoms with Gasteiger partial charge in [0.25, 0.3) is 0 Å². The van der Waals surface area contributed by atoms with Crippen molar-refractivity contribution in [2.24, 2.45) is 5.14 Å². The van der Waals surface area contributed by atoms with Gasteiger partial charge in [0.2, 0.25) is 10.0 Å². The molecule has 18 heavy (non-hydrogen) atoms. The van der Waals surface area contributed by atoms with Gasteiger partial charge in [0.15, 0.2) is 11.5 Å². The summed E-state index contributed by atoms with van der Waals surface area (Å²) in [4.78, 5) is 0. The molecule has 102 valence electrons. The Morgan fingerprint density at radius 2 is 2.17 bits per heavy atom. The highest BCUT2D eigenvalue weighted by Crippen LogP contribution is 2.26. The predicted molar refractivity (Wildman–Crippen MR) is 69.0 cm³/mol. The number of nitrogens with one attached hydrogen (secondary N) is 1. The Hall–Kier alpha value is -1.31. The quantitative estimate of drug-likeness (QED) is 0.615. The van der Waals surface area contributed by atoms with Crippen LogP contribution in [0.4, 0.5) is 0 Å². The minimum atomic E-state index is -3.43. The van der Waals surface area contributed by atoms with E-state index in [1.807, 2.05) is 6.92 Å². The van der Waals surface area contributed by atoms with Crippen LogP contribution >= 0.6 is 0 Å². The SMILES string of the molecule is CCOc1cc(CNCCS(N)(=O)=O)ccc1O. The Morgan fingerprint density at radius 3 is 2.78 bits per heavy atom. The summed E-state index contributed by atoms with van der Waals surface area (Å²) in [5.74, 6) is 0.400. The van der Waals surface area contributed by atoms with Gasteiger partial charge in [-0.3, -0.25) is 0 Å². The first-order valence-electron chi connectivity index (χ1n) is 5.58. The molecule has 0 aliphatic heterocycles. The molecule has 0 heterocycles. The second-order valence-corrected chi connectivity index (χ2v) is 5.51. The summed E-state index contributed by atoms with van der Waals surface area (Å²) in [6.07, 6.45) is 0. The van der Waals surface area contributed by atoms with Crippen molar-refractivity contribution in [3.05, 3.63) is 23.8 Å². The van der Waals surface area contributed by atoms with Gasteiger partial charge >= 0.3 is 0 Å². The number of nitrogens with two attached hydrogens (primary N) is 1. The first kappa shape index (κ1) is 14.7. The molecule has 1 rings (SSSR count). The molecule has 0 aliphatic rings. The second-order valence-electron chi connectivity index (χ2n) is 3.78. The standard InChI is InChI=1S/C11H18N2O4S/c1-2-17-11-7-9(3-4-10(11)14)8-13-5-6-18(12,15)16/h3-4,7,13-14H,2,5-6,8H2,1H3,(H2,12,15,16). The van der Waals surface area contributed by atoms with Crippen molar-refractivity contribution in [3.63, 3.8) is 0 Å². The normalized spacial score (nSPS) is 11.4. The van der Waals surface area contributed by atoms with Gasteiger partial charge in [-0.05, 0) is 24.6 Å². The van der Waals surface area contributed by atoms with Crippen LogP contribution in [0.1, 0.15) is 12.5 Å². The fourth-order valence-electron chi connectivity index (χ4n) is 1.39. The van der Waals surface area contributed by atoms with E-state index >= 15 is 0 Å². The number of rotatable bonds is 7. The molecule has 0 aromatic heterocycles. The number of hydrogen-bond acceptors (Lipinski definition) is 5. The van der Waals surface area contributed by atoms with Gasteiger partial charge in [-0.15, -0.1) is 0 Å². The number of benzene rings is 1. The zero-order valence-corrected chi connectivity index (χ0v) is 11.0. The summed E-state index contributed by atoms with van der Waals surface area (Å²) in [6.45, 7) is 3.06. The molecule has 0 aliphatic carbocycles. The van der Waals surface area contributed by atoms with Crippen LogP contribution in [-0.4, -0.2) is 32.4 Å². The molecule has 7 heteroatoms. The number of phenolic OH excluding ortho intramolecular Hbond substituents is 1. The highest BCUT2D eigenvalue weighted by atomic mass is 32.2. The minimum absolute atomic E-state index is 0.0881. The maximum absolute atomic E-state index is 10.7. The first-order chi connectivity index (χ1) is 8.42. The van der Waals surface area contributed by atoms with Crippen LogP contribution < -0.4 is 15.2 Å². The molecular weight excluding hydrogens is 256 g/mol. The van der Waals surface area contributed by atoms with Crippen LogP contribution in [0, 0.1) is 0 Å². The maximum atomic E-state index is 10.7. The molecule has 1 aromatic rings. The van der Waals surface area contributed by atoms with Crippen LogP contribution in [-0.2, 0) is 16.6 Å². The highest BCUT2D eigenvalue weighted by molar-refractivity contribution is 7.89. The van der Waals surface area contributed by atoms with Crippen molar-refractivity contribution in [1.82, 2.24) is 5.32 Å². The second kappa shape index (κ2) is 6.58. The van der Waals surface area contributed by atoms with E-state index in [1.165, 1.54) is 0 Å². The molecule has 0 spiro atoms. The van der Waals surface area contributed by atoms with E-state index in [1.54, 1.807) is 18.2 Å². The lowest BCUT2D eigenvalue weighted by atomic mass is 10.2. The molecule has 0 atom stereocenters. The van der Waals surface area contributed by atoms with E-state index in [4.69, 9.17) is 9.88 Å². The summed E-state index contributed by atoms with van der Waals surface area (Å²) in [5, 5.41) is 17.3. The Morgan fingerprint density at radius 1 is 1.44 bits per heavy atom. The minimum Gasteiger partial charge on any atom is -0.504 e. The van der Waals surface area contributed by atoms with Gasteiger partial charge in [0.1, 0.15) is 0 Å². The van der Waals surface area contributed by atoms with E-state index in [0.29, 0.717) is 18.9 Å². The zero-order valence-electron chi connectivity index (χ0n) is 10.2. The van der Waals surface area contributed by atoms with Crippen molar-refractivity contribution in [1.29, 1.82) is 0 Å². The molecule has 0 bridgehead atoms. The van der Waals surface area contributed by atoms with E-state index in [0.717, 1.165) is 5.56 Å². The first-order valence-corrected chi connectivity index (χ1v) is 7.30. The van der Waals surface area contributed by atoms with Crippen LogP contribution in [0.15, 0.2) is 18.2 Å². The molecule has 0 fully saturated rings. The number of aromatic hydroxyl groups is 1. The Kier molecular flexibility index (Phi) is 5.39. The lowest BCUT2D eigenvalue weighted by Crippen LogP contribution is -2.26. The average molecular weight is 274 g/mol. The summed E-state index contributed by atoms with van der Waals surface area (Å²) in [7, 11) is -3.43. The van der Waals surface area contributed by atoms with Gasteiger partial charge in [0.05, 0.1) is 12.4 Å². The number of hydrogen-bond donors (Lipinski definition) is 3. The summed E-state index contributed by atoms with van der Waals surface area (Å²) >= 11 is 0. The molecular formula is C11H18N2O4S. The van der Waals surface area contributed by atoms with E-state index < -0.39 is 10.0 Å².